The number of likely N-dealkylation sites (tertiary alicyclic amines) is 1. The molecule has 0 radical (unpaired) electrons. The molecule has 2 heterocycles. The average molecular weight is 259 g/mol. The molecule has 2 aromatic rings. The Morgan fingerprint density at radius 3 is 2.74 bits per heavy atom. The van der Waals surface area contributed by atoms with Gasteiger partial charge in [0.05, 0.1) is 0 Å². The van der Waals surface area contributed by atoms with Crippen LogP contribution in [0.5, 0.6) is 5.75 Å². The molecule has 0 unspecified atom stereocenters. The lowest BCUT2D eigenvalue weighted by molar-refractivity contribution is 0.000864. The van der Waals surface area contributed by atoms with E-state index in [1.54, 1.807) is 0 Å². The summed E-state index contributed by atoms with van der Waals surface area (Å²) < 4.78 is 7.95. The molecule has 0 aliphatic carbocycles. The molecule has 0 saturated carbocycles. The highest BCUT2D eigenvalue weighted by atomic mass is 16.5. The number of aryl methyl sites for hydroxylation is 2. The van der Waals surface area contributed by atoms with Crippen molar-refractivity contribution < 1.29 is 4.74 Å². The van der Waals surface area contributed by atoms with Crippen molar-refractivity contribution in [1.29, 1.82) is 0 Å². The minimum Gasteiger partial charge on any atom is -0.485 e. The lowest BCUT2D eigenvalue weighted by atomic mass is 10.1. The third-order valence-electron chi connectivity index (χ3n) is 3.87. The van der Waals surface area contributed by atoms with Crippen molar-refractivity contribution in [3.8, 4) is 5.75 Å². The second kappa shape index (κ2) is 4.53. The van der Waals surface area contributed by atoms with E-state index in [0.29, 0.717) is 12.1 Å². The number of rotatable bonds is 3. The molecule has 102 valence electrons. The summed E-state index contributed by atoms with van der Waals surface area (Å²) in [6, 6.07) is 4.76. The van der Waals surface area contributed by atoms with Gasteiger partial charge in [-0.3, -0.25) is 9.58 Å². The van der Waals surface area contributed by atoms with Crippen LogP contribution in [0.25, 0.3) is 10.9 Å². The molecule has 1 aromatic heterocycles. The van der Waals surface area contributed by atoms with Crippen LogP contribution >= 0.6 is 0 Å². The van der Waals surface area contributed by atoms with Crippen LogP contribution in [0.15, 0.2) is 18.3 Å². The predicted molar refractivity (Wildman–Crippen MR) is 76.6 cm³/mol. The van der Waals surface area contributed by atoms with Crippen molar-refractivity contribution >= 4 is 10.9 Å². The first-order valence-electron chi connectivity index (χ1n) is 6.88. The number of nitrogens with zero attached hydrogens (tertiary/aromatic N) is 3. The monoisotopic (exact) mass is 259 g/mol. The molecule has 19 heavy (non-hydrogen) atoms. The smallest absolute Gasteiger partial charge is 0.147 e. The molecular formula is C15H21N3O. The van der Waals surface area contributed by atoms with Gasteiger partial charge in [-0.2, -0.15) is 5.10 Å². The molecule has 1 aliphatic heterocycles. The Labute approximate surface area is 114 Å². The lowest BCUT2D eigenvalue weighted by Crippen LogP contribution is -2.56. The highest BCUT2D eigenvalue weighted by Gasteiger charge is 2.30. The van der Waals surface area contributed by atoms with E-state index in [0.717, 1.165) is 24.4 Å². The van der Waals surface area contributed by atoms with Gasteiger partial charge in [0.1, 0.15) is 17.4 Å². The summed E-state index contributed by atoms with van der Waals surface area (Å²) in [4.78, 5) is 2.41. The largest absolute Gasteiger partial charge is 0.485 e. The Kier molecular flexibility index (Phi) is 2.97. The quantitative estimate of drug-likeness (QED) is 0.847. The first-order valence-corrected chi connectivity index (χ1v) is 6.88. The van der Waals surface area contributed by atoms with E-state index < -0.39 is 0 Å². The second-order valence-corrected chi connectivity index (χ2v) is 5.73. The normalized spacial score (nSPS) is 17.1. The van der Waals surface area contributed by atoms with Gasteiger partial charge in [0, 0.05) is 37.8 Å². The van der Waals surface area contributed by atoms with Crippen LogP contribution in [-0.4, -0.2) is 39.9 Å². The zero-order valence-electron chi connectivity index (χ0n) is 12.1. The van der Waals surface area contributed by atoms with Gasteiger partial charge in [-0.25, -0.2) is 0 Å². The highest BCUT2D eigenvalue weighted by Crippen LogP contribution is 2.29. The fourth-order valence-electron chi connectivity index (χ4n) is 2.57. The van der Waals surface area contributed by atoms with Gasteiger partial charge in [-0.05, 0) is 32.4 Å². The Morgan fingerprint density at radius 1 is 1.32 bits per heavy atom. The topological polar surface area (TPSA) is 30.3 Å². The number of aromatic nitrogens is 2. The van der Waals surface area contributed by atoms with Crippen LogP contribution in [-0.2, 0) is 7.05 Å². The van der Waals surface area contributed by atoms with E-state index >= 15 is 0 Å². The molecule has 0 atom stereocenters. The molecule has 0 amide bonds. The minimum absolute atomic E-state index is 0.301. The van der Waals surface area contributed by atoms with Crippen LogP contribution in [0.4, 0.5) is 0 Å². The Bertz CT molecular complexity index is 597. The molecule has 1 saturated heterocycles. The van der Waals surface area contributed by atoms with Gasteiger partial charge >= 0.3 is 0 Å². The van der Waals surface area contributed by atoms with Crippen molar-refractivity contribution in [1.82, 2.24) is 14.7 Å². The predicted octanol–water partition coefficient (Wildman–Crippen LogP) is 2.35. The summed E-state index contributed by atoms with van der Waals surface area (Å²) in [5.41, 5.74) is 2.22. The van der Waals surface area contributed by atoms with Gasteiger partial charge < -0.3 is 4.74 Å². The van der Waals surface area contributed by atoms with Gasteiger partial charge in [-0.15, -0.1) is 0 Å². The molecule has 1 aliphatic rings. The summed E-state index contributed by atoms with van der Waals surface area (Å²) in [6.07, 6.45) is 2.36. The SMILES string of the molecule is Cc1ccc(OC2CN(C(C)C)C2)c2nn(C)cc12. The molecular weight excluding hydrogens is 238 g/mol. The summed E-state index contributed by atoms with van der Waals surface area (Å²) >= 11 is 0. The van der Waals surface area contributed by atoms with E-state index in [2.05, 4.69) is 43.0 Å². The molecule has 4 nitrogen and oxygen atoms in total. The average Bonchev–Trinajstić information content (AvgIpc) is 2.67. The zero-order valence-corrected chi connectivity index (χ0v) is 12.1. The van der Waals surface area contributed by atoms with Crippen LogP contribution in [0.1, 0.15) is 19.4 Å². The minimum atomic E-state index is 0.301. The Morgan fingerprint density at radius 2 is 2.05 bits per heavy atom. The first-order chi connectivity index (χ1) is 9.04. The van der Waals surface area contributed by atoms with E-state index in [9.17, 15) is 0 Å². The summed E-state index contributed by atoms with van der Waals surface area (Å²) in [6.45, 7) is 8.58. The molecule has 0 N–H and O–H groups in total. The lowest BCUT2D eigenvalue weighted by Gasteiger charge is -2.41. The third kappa shape index (κ3) is 2.21. The highest BCUT2D eigenvalue weighted by molar-refractivity contribution is 5.87. The van der Waals surface area contributed by atoms with Crippen molar-refractivity contribution in [2.45, 2.75) is 32.9 Å². The Balaban J connectivity index is 1.81. The van der Waals surface area contributed by atoms with Crippen LogP contribution in [0.3, 0.4) is 0 Å². The second-order valence-electron chi connectivity index (χ2n) is 5.73. The first kappa shape index (κ1) is 12.5. The Hall–Kier alpha value is -1.55. The fourth-order valence-corrected chi connectivity index (χ4v) is 2.57. The summed E-state index contributed by atoms with van der Waals surface area (Å²) in [5, 5.41) is 5.70. The maximum atomic E-state index is 6.09. The molecule has 0 spiro atoms. The van der Waals surface area contributed by atoms with Crippen LogP contribution in [0.2, 0.25) is 0 Å². The maximum Gasteiger partial charge on any atom is 0.147 e. The van der Waals surface area contributed by atoms with Gasteiger partial charge in [0.25, 0.3) is 0 Å². The van der Waals surface area contributed by atoms with E-state index in [1.165, 1.54) is 10.9 Å². The number of hydrogen-bond acceptors (Lipinski definition) is 3. The van der Waals surface area contributed by atoms with Crippen molar-refractivity contribution in [3.05, 3.63) is 23.9 Å². The number of hydrogen-bond donors (Lipinski definition) is 0. The molecule has 1 aromatic carbocycles. The molecule has 4 heteroatoms. The fraction of sp³-hybridized carbons (Fsp3) is 0.533. The van der Waals surface area contributed by atoms with Gasteiger partial charge in [0.2, 0.25) is 0 Å². The maximum absolute atomic E-state index is 6.09. The van der Waals surface area contributed by atoms with Crippen molar-refractivity contribution in [2.24, 2.45) is 7.05 Å². The molecule has 0 bridgehead atoms. The number of fused-ring (bicyclic) bond motifs is 1. The van der Waals surface area contributed by atoms with Gasteiger partial charge in [-0.1, -0.05) is 6.07 Å². The molecule has 3 rings (SSSR count). The summed E-state index contributed by atoms with van der Waals surface area (Å²) in [5.74, 6) is 0.912. The number of ether oxygens (including phenoxy) is 1. The third-order valence-corrected chi connectivity index (χ3v) is 3.87. The zero-order chi connectivity index (χ0) is 13.6. The standard InChI is InChI=1S/C15H21N3O/c1-10(2)18-7-12(8-18)19-14-6-5-11(3)13-9-17(4)16-15(13)14/h5-6,9-10,12H,7-8H2,1-4H3. The number of benzene rings is 1. The van der Waals surface area contributed by atoms with E-state index in [4.69, 9.17) is 4.74 Å². The van der Waals surface area contributed by atoms with Crippen molar-refractivity contribution in [3.63, 3.8) is 0 Å². The van der Waals surface area contributed by atoms with E-state index in [1.807, 2.05) is 17.8 Å². The van der Waals surface area contributed by atoms with Gasteiger partial charge in [0.15, 0.2) is 0 Å². The summed E-state index contributed by atoms with van der Waals surface area (Å²) in [7, 11) is 1.95. The molecule has 1 fully saturated rings. The van der Waals surface area contributed by atoms with Crippen LogP contribution in [0, 0.1) is 6.92 Å². The van der Waals surface area contributed by atoms with E-state index in [-0.39, 0.29) is 0 Å². The van der Waals surface area contributed by atoms with Crippen molar-refractivity contribution in [2.75, 3.05) is 13.1 Å². The van der Waals surface area contributed by atoms with Crippen LogP contribution < -0.4 is 4.74 Å².